The van der Waals surface area contributed by atoms with Crippen molar-refractivity contribution in [3.05, 3.63) is 0 Å². The third-order valence-electron chi connectivity index (χ3n) is 3.62. The molecule has 0 rings (SSSR count). The molecule has 0 aromatic heterocycles. The van der Waals surface area contributed by atoms with Crippen LogP contribution in [0.25, 0.3) is 0 Å². The van der Waals surface area contributed by atoms with Gasteiger partial charge in [0.15, 0.2) is 0 Å². The Morgan fingerprint density at radius 3 is 1.06 bits per heavy atom. The van der Waals surface area contributed by atoms with Crippen LogP contribution in [-0.2, 0) is 9.59 Å². The van der Waals surface area contributed by atoms with E-state index >= 15 is 0 Å². The first kappa shape index (κ1) is 43.9. The minimum Gasteiger partial charge on any atom is -0.355 e. The van der Waals surface area contributed by atoms with Gasteiger partial charge >= 0.3 is 0 Å². The number of hydrogen-bond donors (Lipinski definition) is 1. The molecule has 3 heteroatoms. The van der Waals surface area contributed by atoms with Gasteiger partial charge in [-0.25, -0.2) is 0 Å². The summed E-state index contributed by atoms with van der Waals surface area (Å²) in [5.41, 5.74) is 0.417. The molecule has 0 aliphatic rings. The molecule has 1 N–H and O–H groups in total. The summed E-state index contributed by atoms with van der Waals surface area (Å²) in [6, 6.07) is 0. The Balaban J connectivity index is -0.0000000742. The van der Waals surface area contributed by atoms with Crippen molar-refractivity contribution in [2.24, 2.45) is 34.0 Å². The number of nitrogens with one attached hydrogen (secondary N) is 1. The zero-order valence-corrected chi connectivity index (χ0v) is 22.0. The van der Waals surface area contributed by atoms with Crippen LogP contribution >= 0.6 is 0 Å². The third-order valence-corrected chi connectivity index (χ3v) is 3.62. The molecule has 0 bridgehead atoms. The Labute approximate surface area is 199 Å². The molecule has 0 spiro atoms. The van der Waals surface area contributed by atoms with E-state index in [9.17, 15) is 9.59 Å². The van der Waals surface area contributed by atoms with E-state index in [0.717, 1.165) is 12.5 Å². The van der Waals surface area contributed by atoms with Crippen LogP contribution < -0.4 is 5.32 Å². The van der Waals surface area contributed by atoms with Crippen LogP contribution in [0.5, 0.6) is 0 Å². The summed E-state index contributed by atoms with van der Waals surface area (Å²) in [6.45, 7) is 31.9. The van der Waals surface area contributed by atoms with Crippen molar-refractivity contribution in [3.63, 3.8) is 0 Å². The molecular formula is C28H65NO2. The number of rotatable bonds is 4. The third kappa shape index (κ3) is 36.8. The minimum atomic E-state index is -0.273. The molecule has 0 aliphatic heterocycles. The summed E-state index contributed by atoms with van der Waals surface area (Å²) < 4.78 is 0. The largest absolute Gasteiger partial charge is 0.355 e. The molecule has 1 amide bonds. The fourth-order valence-corrected chi connectivity index (χ4v) is 2.50. The molecule has 0 atom stereocenters. The van der Waals surface area contributed by atoms with E-state index < -0.39 is 0 Å². The highest BCUT2D eigenvalue weighted by atomic mass is 16.2. The summed E-state index contributed by atoms with van der Waals surface area (Å²) in [6.07, 6.45) is 1.33. The SMILES string of the molecule is C.C.C.CC(C)(C)CNC(=O)C(C)(C)C.CC(C)C(=O)C(C)C.CC(C)CC(C)(C)C. The van der Waals surface area contributed by atoms with Gasteiger partial charge < -0.3 is 5.32 Å². The van der Waals surface area contributed by atoms with E-state index in [0.29, 0.717) is 11.2 Å². The van der Waals surface area contributed by atoms with E-state index in [4.69, 9.17) is 0 Å². The molecule has 0 saturated carbocycles. The average Bonchev–Trinajstić information content (AvgIpc) is 2.40. The topological polar surface area (TPSA) is 46.2 Å². The molecule has 0 heterocycles. The summed E-state index contributed by atoms with van der Waals surface area (Å²) in [5, 5.41) is 2.92. The molecule has 194 valence electrons. The Hall–Kier alpha value is -0.860. The quantitative estimate of drug-likeness (QED) is 0.467. The van der Waals surface area contributed by atoms with Gasteiger partial charge in [0.2, 0.25) is 5.91 Å². The van der Waals surface area contributed by atoms with E-state index in [1.807, 2.05) is 48.5 Å². The highest BCUT2D eigenvalue weighted by Gasteiger charge is 2.22. The highest BCUT2D eigenvalue weighted by molar-refractivity contribution is 5.82. The lowest BCUT2D eigenvalue weighted by Gasteiger charge is -2.23. The maximum Gasteiger partial charge on any atom is 0.225 e. The average molecular weight is 448 g/mol. The van der Waals surface area contributed by atoms with Crippen molar-refractivity contribution in [2.75, 3.05) is 6.54 Å². The molecule has 0 unspecified atom stereocenters. The lowest BCUT2D eigenvalue weighted by atomic mass is 9.86. The van der Waals surface area contributed by atoms with Crippen LogP contribution in [0.3, 0.4) is 0 Å². The maximum atomic E-state index is 11.4. The zero-order valence-electron chi connectivity index (χ0n) is 22.0. The zero-order chi connectivity index (χ0) is 23.5. The lowest BCUT2D eigenvalue weighted by Crippen LogP contribution is -2.39. The van der Waals surface area contributed by atoms with Crippen molar-refractivity contribution in [1.82, 2.24) is 5.32 Å². The number of ketones is 1. The van der Waals surface area contributed by atoms with Crippen molar-refractivity contribution < 1.29 is 9.59 Å². The predicted molar refractivity (Wildman–Crippen MR) is 146 cm³/mol. The smallest absolute Gasteiger partial charge is 0.225 e. The van der Waals surface area contributed by atoms with Crippen LogP contribution in [0.1, 0.15) is 133 Å². The van der Waals surface area contributed by atoms with Crippen LogP contribution in [0.2, 0.25) is 0 Å². The van der Waals surface area contributed by atoms with Crippen molar-refractivity contribution in [2.45, 2.75) is 133 Å². The monoisotopic (exact) mass is 448 g/mol. The van der Waals surface area contributed by atoms with Crippen LogP contribution in [0.4, 0.5) is 0 Å². The first-order chi connectivity index (χ1) is 12.1. The van der Waals surface area contributed by atoms with E-state index in [1.165, 1.54) is 6.42 Å². The second kappa shape index (κ2) is 18.7. The summed E-state index contributed by atoms with van der Waals surface area (Å²) in [5.74, 6) is 1.72. The standard InChI is InChI=1S/C10H21NO.C8H18.C7H14O.3CH4/c1-9(2,3)7-11-8(12)10(4,5)6;1-7(2)6-8(3,4)5;1-5(2)7(8)6(3)4;;;/h7H2,1-6H3,(H,11,12);7H,6H2,1-5H3;5-6H,1-4H3;3*1H4. The predicted octanol–water partition coefficient (Wildman–Crippen LogP) is 9.05. The number of carbonyl (C=O) groups excluding carboxylic acids is 2. The van der Waals surface area contributed by atoms with E-state index in [1.54, 1.807) is 0 Å². The van der Waals surface area contributed by atoms with Crippen LogP contribution in [0.15, 0.2) is 0 Å². The Bertz CT molecular complexity index is 417. The molecule has 0 aliphatic carbocycles. The van der Waals surface area contributed by atoms with Crippen molar-refractivity contribution in [3.8, 4) is 0 Å². The van der Waals surface area contributed by atoms with E-state index in [-0.39, 0.29) is 50.9 Å². The lowest BCUT2D eigenvalue weighted by molar-refractivity contribution is -0.129. The Morgan fingerprint density at radius 2 is 0.968 bits per heavy atom. The molecule has 31 heavy (non-hydrogen) atoms. The minimum absolute atomic E-state index is 0. The second-order valence-corrected chi connectivity index (χ2v) is 12.4. The Morgan fingerprint density at radius 1 is 0.645 bits per heavy atom. The molecule has 0 saturated heterocycles. The van der Waals surface area contributed by atoms with Gasteiger partial charge in [0, 0.05) is 23.8 Å². The fraction of sp³-hybridized carbons (Fsp3) is 0.929. The van der Waals surface area contributed by atoms with Gasteiger partial charge in [0.25, 0.3) is 0 Å². The first-order valence-corrected chi connectivity index (χ1v) is 10.9. The second-order valence-electron chi connectivity index (χ2n) is 12.4. The highest BCUT2D eigenvalue weighted by Crippen LogP contribution is 2.23. The van der Waals surface area contributed by atoms with Crippen LogP contribution in [0, 0.1) is 34.0 Å². The van der Waals surface area contributed by atoms with Gasteiger partial charge in [-0.1, -0.05) is 126 Å². The fourth-order valence-electron chi connectivity index (χ4n) is 2.50. The molecule has 3 nitrogen and oxygen atoms in total. The molecule has 0 aromatic rings. The van der Waals surface area contributed by atoms with Gasteiger partial charge in [-0.2, -0.15) is 0 Å². The maximum absolute atomic E-state index is 11.4. The molecule has 0 fully saturated rings. The van der Waals surface area contributed by atoms with Crippen molar-refractivity contribution >= 4 is 11.7 Å². The number of Topliss-reactive ketones (excluding diaryl/α,β-unsaturated/α-hetero) is 1. The number of amides is 1. The summed E-state index contributed by atoms with van der Waals surface area (Å²) in [4.78, 5) is 22.2. The number of hydrogen-bond acceptors (Lipinski definition) is 2. The molecular weight excluding hydrogens is 382 g/mol. The van der Waals surface area contributed by atoms with Gasteiger partial charge in [-0.3, -0.25) is 9.59 Å². The normalized spacial score (nSPS) is 11.0. The van der Waals surface area contributed by atoms with Gasteiger partial charge in [-0.05, 0) is 23.2 Å². The summed E-state index contributed by atoms with van der Waals surface area (Å²) >= 11 is 0. The first-order valence-electron chi connectivity index (χ1n) is 10.9. The number of carbonyl (C=O) groups is 2. The van der Waals surface area contributed by atoms with Gasteiger partial charge in [0.1, 0.15) is 5.78 Å². The van der Waals surface area contributed by atoms with Gasteiger partial charge in [-0.15, -0.1) is 0 Å². The summed E-state index contributed by atoms with van der Waals surface area (Å²) in [7, 11) is 0. The van der Waals surface area contributed by atoms with Crippen LogP contribution in [-0.4, -0.2) is 18.2 Å². The van der Waals surface area contributed by atoms with Gasteiger partial charge in [0.05, 0.1) is 0 Å². The Kier molecular flexibility index (Phi) is 26.5. The van der Waals surface area contributed by atoms with E-state index in [2.05, 4.69) is 60.7 Å². The molecule has 0 radical (unpaired) electrons. The molecule has 0 aromatic carbocycles. The van der Waals surface area contributed by atoms with Crippen molar-refractivity contribution in [1.29, 1.82) is 0 Å².